The van der Waals surface area contributed by atoms with Crippen LogP contribution in [0.3, 0.4) is 0 Å². The highest BCUT2D eigenvalue weighted by molar-refractivity contribution is 6.18. The van der Waals surface area contributed by atoms with E-state index in [9.17, 15) is 19.2 Å². The van der Waals surface area contributed by atoms with Crippen LogP contribution in [0.15, 0.2) is 0 Å². The van der Waals surface area contributed by atoms with Gasteiger partial charge in [-0.2, -0.15) is 0 Å². The molecule has 0 aromatic carbocycles. The van der Waals surface area contributed by atoms with Gasteiger partial charge in [-0.25, -0.2) is 4.79 Å². The van der Waals surface area contributed by atoms with Gasteiger partial charge >= 0.3 is 23.9 Å². The number of rotatable bonds is 11. The highest BCUT2D eigenvalue weighted by Gasteiger charge is 2.59. The van der Waals surface area contributed by atoms with Crippen LogP contribution in [0, 0.1) is 5.41 Å². The lowest BCUT2D eigenvalue weighted by Gasteiger charge is -2.37. The molecule has 0 aromatic rings. The number of piperidine rings is 1. The van der Waals surface area contributed by atoms with Crippen LogP contribution in [0.4, 0.5) is 0 Å². The van der Waals surface area contributed by atoms with E-state index in [1.54, 1.807) is 41.5 Å². The monoisotopic (exact) mass is 516 g/mol. The summed E-state index contributed by atoms with van der Waals surface area (Å²) in [5.41, 5.74) is 0.00926. The molecule has 11 nitrogen and oxygen atoms in total. The molecule has 11 heteroatoms. The lowest BCUT2D eigenvalue weighted by Crippen LogP contribution is -2.58. The summed E-state index contributed by atoms with van der Waals surface area (Å²) in [4.78, 5) is 53.0. The van der Waals surface area contributed by atoms with Gasteiger partial charge in [-0.05, 0) is 87.7 Å². The number of hydrogen-bond donors (Lipinski definition) is 2. The van der Waals surface area contributed by atoms with E-state index >= 15 is 0 Å². The Bertz CT molecular complexity index is 761. The number of carbonyl (C=O) groups excluding carboxylic acids is 4. The second-order valence-electron chi connectivity index (χ2n) is 10.8. The molecule has 208 valence electrons. The minimum absolute atomic E-state index is 0.103. The maximum absolute atomic E-state index is 13.4. The molecule has 0 aromatic heterocycles. The maximum atomic E-state index is 13.4. The van der Waals surface area contributed by atoms with Crippen molar-refractivity contribution in [3.05, 3.63) is 0 Å². The maximum Gasteiger partial charge on any atom is 0.354 e. The van der Waals surface area contributed by atoms with Gasteiger partial charge in [0.15, 0.2) is 0 Å². The third-order valence-corrected chi connectivity index (χ3v) is 5.27. The molecule has 1 heterocycles. The molecule has 1 atom stereocenters. The molecule has 1 unspecified atom stereocenters. The Balaban J connectivity index is 3.49. The first kappa shape index (κ1) is 31.8. The summed E-state index contributed by atoms with van der Waals surface area (Å²) in [6.45, 7) is 14.0. The van der Waals surface area contributed by atoms with Gasteiger partial charge < -0.3 is 29.0 Å². The first-order chi connectivity index (χ1) is 16.5. The summed E-state index contributed by atoms with van der Waals surface area (Å²) in [5, 5.41) is 3.20. The Morgan fingerprint density at radius 1 is 0.750 bits per heavy atom. The Kier molecular flexibility index (Phi) is 11.3. The van der Waals surface area contributed by atoms with Crippen molar-refractivity contribution in [1.82, 2.24) is 5.32 Å². The SMILES string of the molecule is CCOC(=O)C(CCC(N)(OC1CCNCC1)C(=O)OC(C)(C)C)(C(=O)OCC)C(=O)OC(C)(C)C. The molecule has 0 amide bonds. The van der Waals surface area contributed by atoms with Crippen LogP contribution in [-0.4, -0.2) is 73.2 Å². The van der Waals surface area contributed by atoms with Gasteiger partial charge in [-0.15, -0.1) is 0 Å². The molecule has 1 aliphatic heterocycles. The number of hydrogen-bond acceptors (Lipinski definition) is 11. The van der Waals surface area contributed by atoms with Crippen LogP contribution in [-0.2, 0) is 42.9 Å². The van der Waals surface area contributed by atoms with Gasteiger partial charge in [0.25, 0.3) is 5.41 Å². The molecule has 1 fully saturated rings. The standard InChI is InChI=1S/C25H44N2O9/c1-9-32-18(28)24(19(29)33-10-2,20(30)35-22(3,4)5)13-14-25(26,21(31)36-23(6,7)8)34-17-11-15-27-16-12-17/h17,27H,9-16,26H2,1-8H3. The molecule has 0 saturated carbocycles. The summed E-state index contributed by atoms with van der Waals surface area (Å²) in [6, 6.07) is 0. The zero-order valence-corrected chi connectivity index (χ0v) is 23.0. The Hall–Kier alpha value is -2.24. The topological polar surface area (TPSA) is 152 Å². The third-order valence-electron chi connectivity index (χ3n) is 5.27. The molecule has 1 saturated heterocycles. The smallest absolute Gasteiger partial charge is 0.354 e. The van der Waals surface area contributed by atoms with Crippen molar-refractivity contribution >= 4 is 23.9 Å². The van der Waals surface area contributed by atoms with Gasteiger partial charge in [0, 0.05) is 6.42 Å². The zero-order chi connectivity index (χ0) is 27.8. The largest absolute Gasteiger partial charge is 0.465 e. The van der Waals surface area contributed by atoms with Crippen LogP contribution in [0.2, 0.25) is 0 Å². The third kappa shape index (κ3) is 9.01. The van der Waals surface area contributed by atoms with Gasteiger partial charge in [0.05, 0.1) is 19.3 Å². The molecular weight excluding hydrogens is 472 g/mol. The van der Waals surface area contributed by atoms with Crippen molar-refractivity contribution in [2.75, 3.05) is 26.3 Å². The summed E-state index contributed by atoms with van der Waals surface area (Å²) < 4.78 is 27.3. The van der Waals surface area contributed by atoms with Crippen LogP contribution in [0.1, 0.15) is 81.1 Å². The fourth-order valence-electron chi connectivity index (χ4n) is 3.59. The second-order valence-corrected chi connectivity index (χ2v) is 10.8. The second kappa shape index (κ2) is 12.8. The zero-order valence-electron chi connectivity index (χ0n) is 23.0. The normalized spacial score (nSPS) is 17.0. The predicted molar refractivity (Wildman–Crippen MR) is 131 cm³/mol. The minimum atomic E-state index is -2.51. The number of nitrogens with one attached hydrogen (secondary N) is 1. The molecular formula is C25H44N2O9. The molecule has 36 heavy (non-hydrogen) atoms. The Labute approximate surface area is 214 Å². The first-order valence-corrected chi connectivity index (χ1v) is 12.5. The van der Waals surface area contributed by atoms with Crippen LogP contribution in [0.5, 0.6) is 0 Å². The van der Waals surface area contributed by atoms with Crippen molar-refractivity contribution in [2.45, 2.75) is 104 Å². The van der Waals surface area contributed by atoms with Crippen molar-refractivity contribution in [2.24, 2.45) is 11.1 Å². The molecule has 0 radical (unpaired) electrons. The van der Waals surface area contributed by atoms with Gasteiger partial charge in [0.2, 0.25) is 5.72 Å². The lowest BCUT2D eigenvalue weighted by atomic mass is 9.80. The fourth-order valence-corrected chi connectivity index (χ4v) is 3.59. The van der Waals surface area contributed by atoms with Crippen molar-refractivity contribution < 1.29 is 42.9 Å². The van der Waals surface area contributed by atoms with E-state index in [0.717, 1.165) is 0 Å². The van der Waals surface area contributed by atoms with E-state index in [0.29, 0.717) is 25.9 Å². The van der Waals surface area contributed by atoms with Gasteiger partial charge in [-0.3, -0.25) is 20.1 Å². The van der Waals surface area contributed by atoms with Crippen LogP contribution >= 0.6 is 0 Å². The van der Waals surface area contributed by atoms with E-state index in [1.165, 1.54) is 13.8 Å². The summed E-state index contributed by atoms with van der Waals surface area (Å²) in [6.07, 6.45) is -0.156. The number of ether oxygens (including phenoxy) is 5. The van der Waals surface area contributed by atoms with Crippen LogP contribution in [0.25, 0.3) is 0 Å². The van der Waals surface area contributed by atoms with Crippen molar-refractivity contribution in [3.63, 3.8) is 0 Å². The summed E-state index contributed by atoms with van der Waals surface area (Å²) >= 11 is 0. The van der Waals surface area contributed by atoms with E-state index in [4.69, 9.17) is 29.4 Å². The average Bonchev–Trinajstić information content (AvgIpc) is 2.73. The molecule has 0 aliphatic carbocycles. The lowest BCUT2D eigenvalue weighted by molar-refractivity contribution is -0.201. The molecule has 3 N–H and O–H groups in total. The molecule has 0 bridgehead atoms. The fraction of sp³-hybridized carbons (Fsp3) is 0.840. The Morgan fingerprint density at radius 2 is 1.19 bits per heavy atom. The minimum Gasteiger partial charge on any atom is -0.465 e. The Morgan fingerprint density at radius 3 is 1.61 bits per heavy atom. The average molecular weight is 517 g/mol. The first-order valence-electron chi connectivity index (χ1n) is 12.5. The number of nitrogens with two attached hydrogens (primary N) is 1. The highest BCUT2D eigenvalue weighted by Crippen LogP contribution is 2.35. The van der Waals surface area contributed by atoms with E-state index in [1.807, 2.05) is 0 Å². The van der Waals surface area contributed by atoms with E-state index < -0.39 is 59.1 Å². The predicted octanol–water partition coefficient (Wildman–Crippen LogP) is 1.99. The summed E-state index contributed by atoms with van der Waals surface area (Å²) in [7, 11) is 0. The quantitative estimate of drug-likeness (QED) is 0.179. The van der Waals surface area contributed by atoms with Crippen molar-refractivity contribution in [3.8, 4) is 0 Å². The van der Waals surface area contributed by atoms with E-state index in [-0.39, 0.29) is 19.3 Å². The molecule has 1 rings (SSSR count). The van der Waals surface area contributed by atoms with Crippen molar-refractivity contribution in [1.29, 1.82) is 0 Å². The van der Waals surface area contributed by atoms with Gasteiger partial charge in [0.1, 0.15) is 11.2 Å². The summed E-state index contributed by atoms with van der Waals surface area (Å²) in [5.74, 6) is -4.32. The molecule has 1 aliphatic rings. The highest BCUT2D eigenvalue weighted by atomic mass is 16.6. The molecule has 0 spiro atoms. The van der Waals surface area contributed by atoms with Crippen LogP contribution < -0.4 is 11.1 Å². The number of carbonyl (C=O) groups is 4. The number of esters is 4. The van der Waals surface area contributed by atoms with E-state index in [2.05, 4.69) is 5.32 Å². The van der Waals surface area contributed by atoms with Gasteiger partial charge in [-0.1, -0.05) is 0 Å².